The molecule has 0 saturated carbocycles. The molecule has 0 aliphatic carbocycles. The molecule has 0 saturated heterocycles. The summed E-state index contributed by atoms with van der Waals surface area (Å²) in [6.45, 7) is 1.99. The van der Waals surface area contributed by atoms with Gasteiger partial charge in [0, 0.05) is 6.04 Å². The van der Waals surface area contributed by atoms with Gasteiger partial charge in [-0.25, -0.2) is 4.79 Å². The quantitative estimate of drug-likeness (QED) is 0.655. The fourth-order valence-electron chi connectivity index (χ4n) is 1.82. The molecule has 1 heterocycles. The Kier molecular flexibility index (Phi) is 2.49. The Bertz CT molecular complexity index is 379. The van der Waals surface area contributed by atoms with Crippen LogP contribution in [-0.4, -0.2) is 23.2 Å². The number of aliphatic carboxylic acids is 1. The normalized spacial score (nSPS) is 24.3. The van der Waals surface area contributed by atoms with Gasteiger partial charge >= 0.3 is 5.97 Å². The molecule has 1 aliphatic rings. The number of hydrogen-bond donors (Lipinski definition) is 3. The van der Waals surface area contributed by atoms with Gasteiger partial charge in [-0.1, -0.05) is 12.1 Å². The third kappa shape index (κ3) is 2.03. The molecule has 2 rings (SSSR count). The van der Waals surface area contributed by atoms with E-state index in [9.17, 15) is 4.79 Å². The van der Waals surface area contributed by atoms with Crippen molar-refractivity contribution in [3.8, 4) is 0 Å². The Balaban J connectivity index is 2.31. The summed E-state index contributed by atoms with van der Waals surface area (Å²) in [6, 6.07) is 7.29. The lowest BCUT2D eigenvalue weighted by Gasteiger charge is -2.14. The summed E-state index contributed by atoms with van der Waals surface area (Å²) in [5.74, 6) is -0.805. The maximum absolute atomic E-state index is 11.0. The van der Waals surface area contributed by atoms with Crippen LogP contribution in [0.4, 0.5) is 11.4 Å². The molecule has 2 atom stereocenters. The largest absolute Gasteiger partial charge is 0.480 e. The molecule has 1 aromatic rings. The first-order chi connectivity index (χ1) is 7.16. The smallest absolute Gasteiger partial charge is 0.326 e. The zero-order chi connectivity index (χ0) is 10.8. The standard InChI is InChI=1S/C11H14N2O2/c1-7-6-10(11(14)15)13-9-5-3-2-4-8(9)12-7/h2-5,7,10,12-13H,6H2,1H3,(H,14,15). The minimum Gasteiger partial charge on any atom is -0.480 e. The molecule has 0 aromatic heterocycles. The van der Waals surface area contributed by atoms with E-state index in [4.69, 9.17) is 5.11 Å². The Morgan fingerprint density at radius 2 is 1.93 bits per heavy atom. The van der Waals surface area contributed by atoms with E-state index in [1.54, 1.807) is 0 Å². The minimum absolute atomic E-state index is 0.155. The molecule has 0 amide bonds. The average Bonchev–Trinajstić information content (AvgIpc) is 2.35. The number of benzene rings is 1. The molecular formula is C11H14N2O2. The fraction of sp³-hybridized carbons (Fsp3) is 0.364. The van der Waals surface area contributed by atoms with Gasteiger partial charge in [-0.2, -0.15) is 0 Å². The number of nitrogens with one attached hydrogen (secondary N) is 2. The summed E-state index contributed by atoms with van der Waals surface area (Å²) in [6.07, 6.45) is 0.573. The molecule has 0 fully saturated rings. The van der Waals surface area contributed by atoms with E-state index < -0.39 is 12.0 Å². The molecule has 1 aromatic carbocycles. The van der Waals surface area contributed by atoms with Crippen molar-refractivity contribution in [2.75, 3.05) is 10.6 Å². The SMILES string of the molecule is CC1CC(C(=O)O)Nc2ccccc2N1. The predicted molar refractivity (Wildman–Crippen MR) is 59.2 cm³/mol. The van der Waals surface area contributed by atoms with E-state index in [-0.39, 0.29) is 6.04 Å². The molecule has 15 heavy (non-hydrogen) atoms. The van der Waals surface area contributed by atoms with Gasteiger partial charge in [0.25, 0.3) is 0 Å². The number of anilines is 2. The fourth-order valence-corrected chi connectivity index (χ4v) is 1.82. The van der Waals surface area contributed by atoms with Gasteiger partial charge in [0.15, 0.2) is 0 Å². The average molecular weight is 206 g/mol. The third-order valence-electron chi connectivity index (χ3n) is 2.55. The second-order valence-electron chi connectivity index (χ2n) is 3.86. The highest BCUT2D eigenvalue weighted by molar-refractivity contribution is 5.81. The van der Waals surface area contributed by atoms with Crippen molar-refractivity contribution in [2.24, 2.45) is 0 Å². The van der Waals surface area contributed by atoms with E-state index >= 15 is 0 Å². The first kappa shape index (κ1) is 9.83. The molecular weight excluding hydrogens is 192 g/mol. The molecule has 4 nitrogen and oxygen atoms in total. The van der Waals surface area contributed by atoms with Gasteiger partial charge in [-0.05, 0) is 25.5 Å². The van der Waals surface area contributed by atoms with Crippen molar-refractivity contribution in [2.45, 2.75) is 25.4 Å². The van der Waals surface area contributed by atoms with E-state index in [2.05, 4.69) is 10.6 Å². The Labute approximate surface area is 88.3 Å². The van der Waals surface area contributed by atoms with Crippen molar-refractivity contribution in [3.63, 3.8) is 0 Å². The highest BCUT2D eigenvalue weighted by Gasteiger charge is 2.24. The highest BCUT2D eigenvalue weighted by atomic mass is 16.4. The van der Waals surface area contributed by atoms with Crippen LogP contribution in [0.5, 0.6) is 0 Å². The molecule has 0 spiro atoms. The maximum Gasteiger partial charge on any atom is 0.326 e. The number of hydrogen-bond acceptors (Lipinski definition) is 3. The number of carboxylic acid groups (broad SMARTS) is 1. The molecule has 3 N–H and O–H groups in total. The second kappa shape index (κ2) is 3.81. The number of para-hydroxylation sites is 2. The summed E-state index contributed by atoms with van der Waals surface area (Å²) >= 11 is 0. The van der Waals surface area contributed by atoms with E-state index in [0.29, 0.717) is 6.42 Å². The number of rotatable bonds is 1. The molecule has 1 aliphatic heterocycles. The van der Waals surface area contributed by atoms with Gasteiger partial charge in [-0.3, -0.25) is 0 Å². The van der Waals surface area contributed by atoms with Crippen LogP contribution in [0.25, 0.3) is 0 Å². The van der Waals surface area contributed by atoms with Gasteiger partial charge < -0.3 is 15.7 Å². The Hall–Kier alpha value is -1.71. The molecule has 2 unspecified atom stereocenters. The lowest BCUT2D eigenvalue weighted by atomic mass is 10.1. The maximum atomic E-state index is 11.0. The van der Waals surface area contributed by atoms with Crippen LogP contribution in [-0.2, 0) is 4.79 Å². The van der Waals surface area contributed by atoms with Crippen LogP contribution >= 0.6 is 0 Å². The van der Waals surface area contributed by atoms with Crippen LogP contribution in [0.1, 0.15) is 13.3 Å². The van der Waals surface area contributed by atoms with Crippen LogP contribution in [0.3, 0.4) is 0 Å². The van der Waals surface area contributed by atoms with Gasteiger partial charge in [-0.15, -0.1) is 0 Å². The molecule has 80 valence electrons. The summed E-state index contributed by atoms with van der Waals surface area (Å²) < 4.78 is 0. The van der Waals surface area contributed by atoms with E-state index in [1.165, 1.54) is 0 Å². The first-order valence-electron chi connectivity index (χ1n) is 5.01. The molecule has 0 bridgehead atoms. The molecule has 0 radical (unpaired) electrons. The van der Waals surface area contributed by atoms with Crippen molar-refractivity contribution >= 4 is 17.3 Å². The zero-order valence-electron chi connectivity index (χ0n) is 8.53. The van der Waals surface area contributed by atoms with Crippen molar-refractivity contribution < 1.29 is 9.90 Å². The number of carbonyl (C=O) groups is 1. The van der Waals surface area contributed by atoms with Crippen LogP contribution in [0, 0.1) is 0 Å². The predicted octanol–water partition coefficient (Wildman–Crippen LogP) is 1.76. The lowest BCUT2D eigenvalue weighted by Crippen LogP contribution is -2.32. The van der Waals surface area contributed by atoms with Crippen molar-refractivity contribution in [3.05, 3.63) is 24.3 Å². The van der Waals surface area contributed by atoms with Crippen molar-refractivity contribution in [1.29, 1.82) is 0 Å². The van der Waals surface area contributed by atoms with Crippen LogP contribution < -0.4 is 10.6 Å². The lowest BCUT2D eigenvalue weighted by molar-refractivity contribution is -0.138. The topological polar surface area (TPSA) is 61.4 Å². The molecule has 4 heteroatoms. The van der Waals surface area contributed by atoms with Crippen molar-refractivity contribution in [1.82, 2.24) is 0 Å². The van der Waals surface area contributed by atoms with E-state index in [0.717, 1.165) is 11.4 Å². The van der Waals surface area contributed by atoms with Crippen LogP contribution in [0.2, 0.25) is 0 Å². The summed E-state index contributed by atoms with van der Waals surface area (Å²) in [5.41, 5.74) is 1.82. The van der Waals surface area contributed by atoms with Gasteiger partial charge in [0.2, 0.25) is 0 Å². The number of fused-ring (bicyclic) bond motifs is 1. The highest BCUT2D eigenvalue weighted by Crippen LogP contribution is 2.27. The van der Waals surface area contributed by atoms with Gasteiger partial charge in [0.05, 0.1) is 11.4 Å². The van der Waals surface area contributed by atoms with Gasteiger partial charge in [0.1, 0.15) is 6.04 Å². The minimum atomic E-state index is -0.805. The number of carboxylic acids is 1. The second-order valence-corrected chi connectivity index (χ2v) is 3.86. The Morgan fingerprint density at radius 1 is 1.33 bits per heavy atom. The van der Waals surface area contributed by atoms with E-state index in [1.807, 2.05) is 31.2 Å². The Morgan fingerprint density at radius 3 is 2.53 bits per heavy atom. The summed E-state index contributed by atoms with van der Waals surface area (Å²) in [7, 11) is 0. The first-order valence-corrected chi connectivity index (χ1v) is 5.01. The third-order valence-corrected chi connectivity index (χ3v) is 2.55. The van der Waals surface area contributed by atoms with Crippen LogP contribution in [0.15, 0.2) is 24.3 Å². The zero-order valence-corrected chi connectivity index (χ0v) is 8.53. The summed E-state index contributed by atoms with van der Waals surface area (Å²) in [4.78, 5) is 11.0. The summed E-state index contributed by atoms with van der Waals surface area (Å²) in [5, 5.41) is 15.3. The monoisotopic (exact) mass is 206 g/mol.